The summed E-state index contributed by atoms with van der Waals surface area (Å²) in [5, 5.41) is 13.3. The fourth-order valence-electron chi connectivity index (χ4n) is 1.53. The van der Waals surface area contributed by atoms with E-state index in [1.807, 2.05) is 12.1 Å². The van der Waals surface area contributed by atoms with E-state index in [1.54, 1.807) is 6.07 Å². The maximum atomic E-state index is 10.1. The Morgan fingerprint density at radius 2 is 2.00 bits per heavy atom. The zero-order valence-electron chi connectivity index (χ0n) is 10.8. The van der Waals surface area contributed by atoms with Gasteiger partial charge in [0.1, 0.15) is 0 Å². The first-order valence-electron chi connectivity index (χ1n) is 5.85. The van der Waals surface area contributed by atoms with E-state index in [1.165, 1.54) is 0 Å². The van der Waals surface area contributed by atoms with Gasteiger partial charge in [-0.2, -0.15) is 0 Å². The molecular weight excluding hydrogens is 214 g/mol. The van der Waals surface area contributed by atoms with Crippen LogP contribution in [0.15, 0.2) is 18.2 Å². The van der Waals surface area contributed by atoms with Crippen LogP contribution < -0.4 is 16.8 Å². The highest BCUT2D eigenvalue weighted by Crippen LogP contribution is 2.19. The Morgan fingerprint density at radius 3 is 2.53 bits per heavy atom. The van der Waals surface area contributed by atoms with Crippen LogP contribution in [0.1, 0.15) is 38.0 Å². The number of benzene rings is 1. The lowest BCUT2D eigenvalue weighted by atomic mass is 10.0. The third-order valence-corrected chi connectivity index (χ3v) is 2.60. The van der Waals surface area contributed by atoms with Gasteiger partial charge in [0.25, 0.3) is 0 Å². The molecule has 0 heterocycles. The molecule has 0 bridgehead atoms. The van der Waals surface area contributed by atoms with Crippen molar-refractivity contribution in [2.24, 2.45) is 5.73 Å². The van der Waals surface area contributed by atoms with Gasteiger partial charge >= 0.3 is 0 Å². The lowest BCUT2D eigenvalue weighted by Gasteiger charge is -2.23. The Morgan fingerprint density at radius 1 is 1.35 bits per heavy atom. The minimum absolute atomic E-state index is 0.00845. The maximum absolute atomic E-state index is 10.1. The fourth-order valence-corrected chi connectivity index (χ4v) is 1.53. The van der Waals surface area contributed by atoms with Crippen molar-refractivity contribution in [3.63, 3.8) is 0 Å². The average Bonchev–Trinajstić information content (AvgIpc) is 2.25. The number of aliphatic hydroxyl groups is 1. The van der Waals surface area contributed by atoms with Gasteiger partial charge in [-0.05, 0) is 44.0 Å². The van der Waals surface area contributed by atoms with Crippen molar-refractivity contribution in [3.05, 3.63) is 29.3 Å². The normalized spacial score (nSPS) is 13.7. The van der Waals surface area contributed by atoms with Crippen LogP contribution in [-0.4, -0.2) is 17.2 Å². The summed E-state index contributed by atoms with van der Waals surface area (Å²) in [5.41, 5.74) is 13.7. The number of hydrogen-bond donors (Lipinski definition) is 4. The second-order valence-corrected chi connectivity index (χ2v) is 5.31. The van der Waals surface area contributed by atoms with Gasteiger partial charge in [-0.15, -0.1) is 0 Å². The van der Waals surface area contributed by atoms with Gasteiger partial charge in [-0.3, -0.25) is 0 Å². The molecule has 0 amide bonds. The summed E-state index contributed by atoms with van der Waals surface area (Å²) in [6.45, 7) is 7.09. The fraction of sp³-hybridized carbons (Fsp3) is 0.538. The van der Waals surface area contributed by atoms with E-state index in [4.69, 9.17) is 11.5 Å². The molecule has 0 aliphatic carbocycles. The number of hydrogen-bond acceptors (Lipinski definition) is 4. The van der Waals surface area contributed by atoms with E-state index in [-0.39, 0.29) is 5.54 Å². The Balaban J connectivity index is 2.72. The number of rotatable bonds is 4. The first-order valence-corrected chi connectivity index (χ1v) is 5.85. The summed E-state index contributed by atoms with van der Waals surface area (Å²) in [4.78, 5) is 0. The van der Waals surface area contributed by atoms with Gasteiger partial charge in [-0.1, -0.05) is 6.07 Å². The van der Waals surface area contributed by atoms with Crippen molar-refractivity contribution in [1.82, 2.24) is 5.32 Å². The second-order valence-electron chi connectivity index (χ2n) is 5.31. The molecule has 1 rings (SSSR count). The van der Waals surface area contributed by atoms with E-state index >= 15 is 0 Å². The summed E-state index contributed by atoms with van der Waals surface area (Å²) >= 11 is 0. The van der Waals surface area contributed by atoms with Gasteiger partial charge in [0.15, 0.2) is 0 Å². The van der Waals surface area contributed by atoms with Crippen molar-refractivity contribution in [2.75, 3.05) is 12.3 Å². The molecule has 1 unspecified atom stereocenters. The van der Waals surface area contributed by atoms with Crippen LogP contribution in [0.5, 0.6) is 0 Å². The molecule has 0 saturated carbocycles. The Bertz CT molecular complexity index is 371. The van der Waals surface area contributed by atoms with E-state index in [2.05, 4.69) is 26.1 Å². The molecule has 0 saturated heterocycles. The highest BCUT2D eigenvalue weighted by molar-refractivity contribution is 5.48. The Hall–Kier alpha value is -1.10. The molecular formula is C13H23N3O. The zero-order valence-corrected chi connectivity index (χ0v) is 10.8. The molecule has 0 aliphatic rings. The quantitative estimate of drug-likeness (QED) is 0.592. The van der Waals surface area contributed by atoms with Crippen molar-refractivity contribution in [3.8, 4) is 0 Å². The van der Waals surface area contributed by atoms with E-state index < -0.39 is 6.10 Å². The number of nitrogens with two attached hydrogens (primary N) is 2. The molecule has 1 atom stereocenters. The van der Waals surface area contributed by atoms with Crippen LogP contribution in [0.25, 0.3) is 0 Å². The van der Waals surface area contributed by atoms with Gasteiger partial charge < -0.3 is 21.9 Å². The molecule has 4 nitrogen and oxygen atoms in total. The van der Waals surface area contributed by atoms with Crippen LogP contribution in [0.4, 0.5) is 5.69 Å². The molecule has 0 fully saturated rings. The van der Waals surface area contributed by atoms with Crippen LogP contribution in [0, 0.1) is 0 Å². The smallest absolute Gasteiger partial charge is 0.0914 e. The number of nitrogen functional groups attached to an aromatic ring is 1. The van der Waals surface area contributed by atoms with E-state index in [0.717, 1.165) is 11.1 Å². The predicted octanol–water partition coefficient (Wildman–Crippen LogP) is 1.15. The molecule has 1 aromatic rings. The molecule has 0 spiro atoms. The summed E-state index contributed by atoms with van der Waals surface area (Å²) in [6, 6.07) is 5.49. The van der Waals surface area contributed by atoms with Gasteiger partial charge in [0.2, 0.25) is 0 Å². The molecule has 6 N–H and O–H groups in total. The van der Waals surface area contributed by atoms with E-state index in [9.17, 15) is 5.11 Å². The standard InChI is InChI=1S/C13H23N3O/c1-13(2,3)16-8-12(17)9-4-5-11(15)10(6-9)7-14/h4-6,12,16-17H,7-8,14-15H2,1-3H3. The lowest BCUT2D eigenvalue weighted by molar-refractivity contribution is 0.163. The van der Waals surface area contributed by atoms with Crippen molar-refractivity contribution in [1.29, 1.82) is 0 Å². The van der Waals surface area contributed by atoms with Crippen LogP contribution in [0.2, 0.25) is 0 Å². The molecule has 1 aromatic carbocycles. The first kappa shape index (κ1) is 14.0. The van der Waals surface area contributed by atoms with Crippen molar-refractivity contribution >= 4 is 5.69 Å². The predicted molar refractivity (Wildman–Crippen MR) is 71.5 cm³/mol. The van der Waals surface area contributed by atoms with Gasteiger partial charge in [0.05, 0.1) is 6.10 Å². The maximum Gasteiger partial charge on any atom is 0.0914 e. The summed E-state index contributed by atoms with van der Waals surface area (Å²) < 4.78 is 0. The average molecular weight is 237 g/mol. The van der Waals surface area contributed by atoms with Crippen LogP contribution >= 0.6 is 0 Å². The molecule has 0 aliphatic heterocycles. The lowest BCUT2D eigenvalue weighted by Crippen LogP contribution is -2.38. The topological polar surface area (TPSA) is 84.3 Å². The summed E-state index contributed by atoms with van der Waals surface area (Å²) in [7, 11) is 0. The Kier molecular flexibility index (Phi) is 4.51. The highest BCUT2D eigenvalue weighted by atomic mass is 16.3. The van der Waals surface area contributed by atoms with Gasteiger partial charge in [0, 0.05) is 24.3 Å². The molecule has 17 heavy (non-hydrogen) atoms. The number of β-amino-alcohol motifs (C(OH)–C–C–N with tert-alkyl or cyclic N) is 1. The molecule has 0 aromatic heterocycles. The van der Waals surface area contributed by atoms with Crippen molar-refractivity contribution < 1.29 is 5.11 Å². The Labute approximate surface area is 103 Å². The first-order chi connectivity index (χ1) is 7.83. The molecule has 96 valence electrons. The van der Waals surface area contributed by atoms with Gasteiger partial charge in [-0.25, -0.2) is 0 Å². The number of nitrogens with one attached hydrogen (secondary N) is 1. The SMILES string of the molecule is CC(C)(C)NCC(O)c1ccc(N)c(CN)c1. The number of anilines is 1. The zero-order chi connectivity index (χ0) is 13.1. The largest absolute Gasteiger partial charge is 0.398 e. The van der Waals surface area contributed by atoms with Crippen molar-refractivity contribution in [2.45, 2.75) is 39.0 Å². The summed E-state index contributed by atoms with van der Waals surface area (Å²) in [5.74, 6) is 0. The van der Waals surface area contributed by atoms with Crippen LogP contribution in [-0.2, 0) is 6.54 Å². The van der Waals surface area contributed by atoms with E-state index in [0.29, 0.717) is 18.8 Å². The third-order valence-electron chi connectivity index (χ3n) is 2.60. The second kappa shape index (κ2) is 5.49. The third kappa shape index (κ3) is 4.34. The molecule has 0 radical (unpaired) electrons. The minimum Gasteiger partial charge on any atom is -0.398 e. The monoisotopic (exact) mass is 237 g/mol. The van der Waals surface area contributed by atoms with Crippen LogP contribution in [0.3, 0.4) is 0 Å². The highest BCUT2D eigenvalue weighted by Gasteiger charge is 2.14. The minimum atomic E-state index is -0.542. The number of aliphatic hydroxyl groups excluding tert-OH is 1. The summed E-state index contributed by atoms with van der Waals surface area (Å²) in [6.07, 6.45) is -0.542. The molecule has 4 heteroatoms.